The van der Waals surface area contributed by atoms with E-state index in [1.54, 1.807) is 62.4 Å². The largest absolute Gasteiger partial charge is 0.485 e. The van der Waals surface area contributed by atoms with E-state index in [0.29, 0.717) is 22.0 Å². The number of aliphatic carboxylic acids is 1. The number of carboxylic acid groups (broad SMARTS) is 1. The molecule has 0 spiro atoms. The van der Waals surface area contributed by atoms with Crippen LogP contribution in [0.15, 0.2) is 64.2 Å². The van der Waals surface area contributed by atoms with Gasteiger partial charge in [0, 0.05) is 17.5 Å². The third kappa shape index (κ3) is 5.55. The van der Waals surface area contributed by atoms with E-state index >= 15 is 0 Å². The van der Waals surface area contributed by atoms with Gasteiger partial charge in [-0.05, 0) is 43.0 Å². The lowest BCUT2D eigenvalue weighted by atomic mass is 10.0. The number of fused-ring (bicyclic) bond motifs is 1. The van der Waals surface area contributed by atoms with Gasteiger partial charge in [0.2, 0.25) is 0 Å². The number of carbonyl (C=O) groups is 1. The number of carboxylic acids is 1. The first-order valence-electron chi connectivity index (χ1n) is 11.3. The first kappa shape index (κ1) is 25.7. The van der Waals surface area contributed by atoms with Crippen LogP contribution in [-0.2, 0) is 17.4 Å². The van der Waals surface area contributed by atoms with Crippen LogP contribution in [-0.4, -0.2) is 28.2 Å². The number of anilines is 3. The molecule has 3 N–H and O–H groups in total. The Morgan fingerprint density at radius 2 is 1.73 bits per heavy atom. The molecule has 3 aromatic carbocycles. The van der Waals surface area contributed by atoms with Gasteiger partial charge in [0.05, 0.1) is 6.10 Å². The maximum atomic E-state index is 13.3. The molecule has 0 fully saturated rings. The Balaban J connectivity index is 1.53. The molecule has 0 unspecified atom stereocenters. The van der Waals surface area contributed by atoms with Gasteiger partial charge >= 0.3 is 12.1 Å². The molecule has 4 aromatic rings. The Kier molecular flexibility index (Phi) is 6.88. The number of pyridine rings is 1. The molecule has 0 saturated carbocycles. The van der Waals surface area contributed by atoms with Crippen molar-refractivity contribution in [1.82, 2.24) is 4.98 Å². The molecule has 0 radical (unpaired) electrons. The molecular weight excluding hydrogens is 491 g/mol. The Hall–Kier alpha value is -4.41. The summed E-state index contributed by atoms with van der Waals surface area (Å²) >= 11 is 0. The molecule has 0 aliphatic rings. The van der Waals surface area contributed by atoms with Gasteiger partial charge in [-0.3, -0.25) is 9.59 Å². The van der Waals surface area contributed by atoms with E-state index in [0.717, 1.165) is 6.07 Å². The van der Waals surface area contributed by atoms with Gasteiger partial charge < -0.3 is 20.5 Å². The van der Waals surface area contributed by atoms with Crippen molar-refractivity contribution in [2.75, 3.05) is 10.6 Å². The van der Waals surface area contributed by atoms with Crippen LogP contribution in [0, 0.1) is 0 Å². The lowest BCUT2D eigenvalue weighted by Gasteiger charge is -2.20. The van der Waals surface area contributed by atoms with Crippen LogP contribution in [0.1, 0.15) is 25.1 Å². The van der Waals surface area contributed by atoms with Crippen LogP contribution in [0.2, 0.25) is 0 Å². The lowest BCUT2D eigenvalue weighted by Crippen LogP contribution is -2.42. The molecule has 11 heteroatoms. The van der Waals surface area contributed by atoms with Crippen LogP contribution >= 0.6 is 0 Å². The van der Waals surface area contributed by atoms with E-state index in [1.165, 1.54) is 0 Å². The molecule has 1 atom stereocenters. The van der Waals surface area contributed by atoms with Crippen molar-refractivity contribution in [3.63, 3.8) is 0 Å². The van der Waals surface area contributed by atoms with Crippen molar-refractivity contribution in [1.29, 1.82) is 0 Å². The second kappa shape index (κ2) is 9.92. The van der Waals surface area contributed by atoms with Gasteiger partial charge in [0.1, 0.15) is 23.2 Å². The molecule has 1 aromatic heterocycles. The number of nitrogens with one attached hydrogen (secondary N) is 2. The highest BCUT2D eigenvalue weighted by atomic mass is 19.4. The summed E-state index contributed by atoms with van der Waals surface area (Å²) < 4.78 is 45.3. The summed E-state index contributed by atoms with van der Waals surface area (Å²) in [6.45, 7) is 3.34. The van der Waals surface area contributed by atoms with Gasteiger partial charge in [0.25, 0.3) is 10.9 Å². The monoisotopic (exact) mass is 513 g/mol. The number of halogens is 3. The fourth-order valence-corrected chi connectivity index (χ4v) is 3.76. The highest BCUT2D eigenvalue weighted by molar-refractivity contribution is 5.93. The Morgan fingerprint density at radius 1 is 1.05 bits per heavy atom. The zero-order chi connectivity index (χ0) is 26.9. The third-order valence-electron chi connectivity index (χ3n) is 5.52. The Labute approximate surface area is 208 Å². The van der Waals surface area contributed by atoms with Crippen LogP contribution in [0.5, 0.6) is 5.75 Å². The van der Waals surface area contributed by atoms with Crippen molar-refractivity contribution in [3.8, 4) is 5.75 Å². The maximum Gasteiger partial charge on any atom is 0.433 e. The summed E-state index contributed by atoms with van der Waals surface area (Å²) in [6.07, 6.45) is -5.04. The minimum atomic E-state index is -4.62. The van der Waals surface area contributed by atoms with E-state index in [1.807, 2.05) is 0 Å². The van der Waals surface area contributed by atoms with E-state index in [4.69, 9.17) is 4.74 Å². The molecule has 192 valence electrons. The fourth-order valence-electron chi connectivity index (χ4n) is 3.76. The second-order valence-corrected chi connectivity index (χ2v) is 8.67. The van der Waals surface area contributed by atoms with E-state index in [9.17, 15) is 32.7 Å². The number of benzene rings is 2. The van der Waals surface area contributed by atoms with Gasteiger partial charge in [-0.25, -0.2) is 9.78 Å². The van der Waals surface area contributed by atoms with Gasteiger partial charge in [-0.15, -0.1) is 0 Å². The third-order valence-corrected chi connectivity index (χ3v) is 5.52. The molecule has 8 nitrogen and oxygen atoms in total. The number of ether oxygens (including phenoxy) is 1. The highest BCUT2D eigenvalue weighted by Gasteiger charge is 2.33. The average molecular weight is 513 g/mol. The first-order chi connectivity index (χ1) is 17.4. The van der Waals surface area contributed by atoms with Gasteiger partial charge in [-0.2, -0.15) is 13.2 Å². The highest BCUT2D eigenvalue weighted by Crippen LogP contribution is 2.33. The predicted octanol–water partition coefficient (Wildman–Crippen LogP) is 4.49. The molecule has 0 saturated heterocycles. The predicted molar refractivity (Wildman–Crippen MR) is 132 cm³/mol. The molecule has 0 aliphatic carbocycles. The molecule has 0 amide bonds. The second-order valence-electron chi connectivity index (χ2n) is 8.67. The minimum absolute atomic E-state index is 0.0287. The molecular formula is C26H22F3N3O5. The smallest absolute Gasteiger partial charge is 0.433 e. The van der Waals surface area contributed by atoms with Gasteiger partial charge in [0.15, 0.2) is 5.75 Å². The fraction of sp³-hybridized carbons (Fsp3) is 0.231. The molecule has 0 bridgehead atoms. The quantitative estimate of drug-likeness (QED) is 0.280. The zero-order valence-corrected chi connectivity index (χ0v) is 19.7. The molecule has 4 rings (SSSR count). The summed E-state index contributed by atoms with van der Waals surface area (Å²) in [4.78, 5) is 39.3. The minimum Gasteiger partial charge on any atom is -0.485 e. The number of aromatic nitrogens is 1. The van der Waals surface area contributed by atoms with Crippen LogP contribution in [0.4, 0.5) is 30.4 Å². The molecule has 1 heterocycles. The van der Waals surface area contributed by atoms with Crippen LogP contribution in [0.25, 0.3) is 10.8 Å². The molecule has 37 heavy (non-hydrogen) atoms. The van der Waals surface area contributed by atoms with Gasteiger partial charge in [-0.1, -0.05) is 36.4 Å². The summed E-state index contributed by atoms with van der Waals surface area (Å²) in [6, 6.07) is 12.7. The van der Waals surface area contributed by atoms with E-state index < -0.39 is 34.7 Å². The van der Waals surface area contributed by atoms with Crippen LogP contribution < -0.4 is 26.2 Å². The van der Waals surface area contributed by atoms with Crippen LogP contribution in [0.3, 0.4) is 0 Å². The van der Waals surface area contributed by atoms with Crippen molar-refractivity contribution >= 4 is 33.9 Å². The maximum absolute atomic E-state index is 13.3. The van der Waals surface area contributed by atoms with Crippen molar-refractivity contribution in [2.24, 2.45) is 0 Å². The average Bonchev–Trinajstić information content (AvgIpc) is 2.85. The number of hydrogen-bond acceptors (Lipinski definition) is 7. The summed E-state index contributed by atoms with van der Waals surface area (Å²) in [5, 5.41) is 16.0. The summed E-state index contributed by atoms with van der Waals surface area (Å²) in [5.74, 6) is -1.40. The normalized spacial score (nSPS) is 12.6. The Morgan fingerprint density at radius 3 is 2.35 bits per heavy atom. The van der Waals surface area contributed by atoms with Crippen molar-refractivity contribution in [2.45, 2.75) is 38.6 Å². The zero-order valence-electron chi connectivity index (χ0n) is 19.7. The summed E-state index contributed by atoms with van der Waals surface area (Å²) in [5.41, 5.74) is -1.85. The van der Waals surface area contributed by atoms with Crippen molar-refractivity contribution in [3.05, 3.63) is 86.3 Å². The summed E-state index contributed by atoms with van der Waals surface area (Å²) in [7, 11) is 0. The first-order valence-corrected chi connectivity index (χ1v) is 11.3. The standard InChI is InChI=1S/C26H22F3N3O5/c1-13(2)37-23-20(21(33)22(23)34)31-18(25(35)36)11-14-7-9-16(10-8-14)30-24-17-6-4-3-5-15(17)12-19(32-24)26(27,28)29/h3-10,12-13,18,31H,11H2,1-2H3,(H,30,32)(H,35,36)/t18-/m0/s1. The van der Waals surface area contributed by atoms with E-state index in [-0.39, 0.29) is 29.8 Å². The Bertz CT molecular complexity index is 1520. The topological polar surface area (TPSA) is 118 Å². The number of rotatable bonds is 9. The SMILES string of the molecule is CC(C)Oc1c(N[C@@H](Cc2ccc(Nc3nc(C(F)(F)F)cc4ccccc34)cc2)C(=O)O)c(=O)c1=O. The number of hydrogen-bond donors (Lipinski definition) is 3. The number of alkyl halides is 3. The number of nitrogens with zero attached hydrogens (tertiary/aromatic N) is 1. The molecule has 0 aliphatic heterocycles. The van der Waals surface area contributed by atoms with Crippen molar-refractivity contribution < 1.29 is 27.8 Å². The lowest BCUT2D eigenvalue weighted by molar-refractivity contribution is -0.141. The van der Waals surface area contributed by atoms with E-state index in [2.05, 4.69) is 15.6 Å².